The van der Waals surface area contributed by atoms with E-state index in [1.54, 1.807) is 0 Å². The van der Waals surface area contributed by atoms with Crippen LogP contribution in [0.15, 0.2) is 28.7 Å². The molecule has 0 aliphatic rings. The Bertz CT molecular complexity index is 420. The Morgan fingerprint density at radius 3 is 2.61 bits per heavy atom. The maximum Gasteiger partial charge on any atom is 0.242 e. The number of benzene rings is 1. The third kappa shape index (κ3) is 3.33. The maximum atomic E-state index is 11.9. The zero-order chi connectivity index (χ0) is 13.8. The average Bonchev–Trinajstić information content (AvgIpc) is 2.29. The minimum atomic E-state index is -0.784. The first-order chi connectivity index (χ1) is 8.42. The quantitative estimate of drug-likeness (QED) is 0.848. The molecular formula is C14H21BrN2O. The van der Waals surface area contributed by atoms with Crippen molar-refractivity contribution in [3.05, 3.63) is 34.3 Å². The van der Waals surface area contributed by atoms with Crippen molar-refractivity contribution in [1.82, 2.24) is 5.32 Å². The van der Waals surface area contributed by atoms with Gasteiger partial charge in [0.25, 0.3) is 0 Å². The van der Waals surface area contributed by atoms with E-state index in [1.165, 1.54) is 0 Å². The summed E-state index contributed by atoms with van der Waals surface area (Å²) in [6, 6.07) is 7.74. The number of hydrogen-bond donors (Lipinski definition) is 2. The number of carbonyl (C=O) groups excluding carboxylic acids is 1. The number of nitrogens with one attached hydrogen (secondary N) is 1. The summed E-state index contributed by atoms with van der Waals surface area (Å²) in [5.74, 6) is 0.131. The number of hydrogen-bond acceptors (Lipinski definition) is 2. The fourth-order valence-corrected chi connectivity index (χ4v) is 2.37. The zero-order valence-corrected chi connectivity index (χ0v) is 12.8. The SMILES string of the molecule is CCC(NCC(C)C)(C(N)=O)c1cccc(Br)c1. The monoisotopic (exact) mass is 312 g/mol. The van der Waals surface area contributed by atoms with Gasteiger partial charge in [0.15, 0.2) is 0 Å². The highest BCUT2D eigenvalue weighted by atomic mass is 79.9. The molecule has 4 heteroatoms. The summed E-state index contributed by atoms with van der Waals surface area (Å²) in [6.45, 7) is 6.94. The number of nitrogens with two attached hydrogens (primary N) is 1. The number of rotatable bonds is 6. The number of primary amides is 1. The molecule has 0 saturated heterocycles. The summed E-state index contributed by atoms with van der Waals surface area (Å²) < 4.78 is 0.949. The van der Waals surface area contributed by atoms with Gasteiger partial charge in [-0.05, 0) is 36.6 Å². The summed E-state index contributed by atoms with van der Waals surface area (Å²) in [5, 5.41) is 3.33. The van der Waals surface area contributed by atoms with Gasteiger partial charge >= 0.3 is 0 Å². The molecule has 0 bridgehead atoms. The van der Waals surface area contributed by atoms with E-state index in [9.17, 15) is 4.79 Å². The van der Waals surface area contributed by atoms with Crippen LogP contribution >= 0.6 is 15.9 Å². The molecule has 3 N–H and O–H groups in total. The molecule has 0 spiro atoms. The third-order valence-corrected chi connectivity index (χ3v) is 3.57. The molecule has 1 rings (SSSR count). The summed E-state index contributed by atoms with van der Waals surface area (Å²) in [4.78, 5) is 11.9. The second kappa shape index (κ2) is 6.34. The van der Waals surface area contributed by atoms with Crippen LogP contribution in [0.3, 0.4) is 0 Å². The van der Waals surface area contributed by atoms with E-state index < -0.39 is 5.54 Å². The van der Waals surface area contributed by atoms with Crippen molar-refractivity contribution in [3.8, 4) is 0 Å². The molecule has 0 aliphatic carbocycles. The van der Waals surface area contributed by atoms with E-state index in [2.05, 4.69) is 35.1 Å². The van der Waals surface area contributed by atoms with Crippen LogP contribution < -0.4 is 11.1 Å². The highest BCUT2D eigenvalue weighted by Gasteiger charge is 2.36. The van der Waals surface area contributed by atoms with Crippen molar-refractivity contribution < 1.29 is 4.79 Å². The minimum Gasteiger partial charge on any atom is -0.368 e. The fourth-order valence-electron chi connectivity index (χ4n) is 1.97. The third-order valence-electron chi connectivity index (χ3n) is 3.08. The lowest BCUT2D eigenvalue weighted by molar-refractivity contribution is -0.125. The number of amides is 1. The van der Waals surface area contributed by atoms with E-state index in [4.69, 9.17) is 5.73 Å². The van der Waals surface area contributed by atoms with Crippen LogP contribution in [0.5, 0.6) is 0 Å². The van der Waals surface area contributed by atoms with Crippen LogP contribution in [0.1, 0.15) is 32.8 Å². The molecule has 100 valence electrons. The number of carbonyl (C=O) groups is 1. The topological polar surface area (TPSA) is 55.1 Å². The molecule has 1 atom stereocenters. The fraction of sp³-hybridized carbons (Fsp3) is 0.500. The Hall–Kier alpha value is -0.870. The van der Waals surface area contributed by atoms with Crippen LogP contribution in [0.25, 0.3) is 0 Å². The number of halogens is 1. The summed E-state index contributed by atoms with van der Waals surface area (Å²) in [7, 11) is 0. The lowest BCUT2D eigenvalue weighted by Crippen LogP contribution is -2.53. The van der Waals surface area contributed by atoms with E-state index in [-0.39, 0.29) is 5.91 Å². The molecule has 1 amide bonds. The molecule has 0 heterocycles. The Balaban J connectivity index is 3.14. The molecule has 1 aromatic carbocycles. The predicted molar refractivity (Wildman–Crippen MR) is 78.1 cm³/mol. The summed E-state index contributed by atoms with van der Waals surface area (Å²) in [5.41, 5.74) is 5.76. The van der Waals surface area contributed by atoms with Gasteiger partial charge in [-0.15, -0.1) is 0 Å². The molecule has 0 radical (unpaired) electrons. The molecule has 0 saturated carbocycles. The molecule has 0 aliphatic heterocycles. The van der Waals surface area contributed by atoms with Gasteiger partial charge in [0, 0.05) is 4.47 Å². The molecular weight excluding hydrogens is 292 g/mol. The van der Waals surface area contributed by atoms with Crippen molar-refractivity contribution in [2.75, 3.05) is 6.54 Å². The molecule has 0 fully saturated rings. The van der Waals surface area contributed by atoms with Crippen molar-refractivity contribution >= 4 is 21.8 Å². The van der Waals surface area contributed by atoms with Gasteiger partial charge in [0.2, 0.25) is 5.91 Å². The Kier molecular flexibility index (Phi) is 5.35. The van der Waals surface area contributed by atoms with Crippen molar-refractivity contribution in [2.24, 2.45) is 11.7 Å². The van der Waals surface area contributed by atoms with Crippen LogP contribution in [-0.4, -0.2) is 12.5 Å². The van der Waals surface area contributed by atoms with Crippen molar-refractivity contribution in [2.45, 2.75) is 32.7 Å². The average molecular weight is 313 g/mol. The second-order valence-electron chi connectivity index (χ2n) is 4.91. The Labute approximate surface area is 117 Å². The van der Waals surface area contributed by atoms with Crippen molar-refractivity contribution in [1.29, 1.82) is 0 Å². The molecule has 18 heavy (non-hydrogen) atoms. The first-order valence-corrected chi connectivity index (χ1v) is 7.02. The first kappa shape index (κ1) is 15.2. The molecule has 1 aromatic rings. The van der Waals surface area contributed by atoms with Crippen LogP contribution in [0.4, 0.5) is 0 Å². The molecule has 1 unspecified atom stereocenters. The first-order valence-electron chi connectivity index (χ1n) is 6.23. The predicted octanol–water partition coefficient (Wildman–Crippen LogP) is 2.79. The van der Waals surface area contributed by atoms with Crippen molar-refractivity contribution in [3.63, 3.8) is 0 Å². The van der Waals surface area contributed by atoms with Crippen LogP contribution in [0.2, 0.25) is 0 Å². The van der Waals surface area contributed by atoms with Gasteiger partial charge in [-0.2, -0.15) is 0 Å². The minimum absolute atomic E-state index is 0.330. The lowest BCUT2D eigenvalue weighted by atomic mass is 9.86. The Morgan fingerprint density at radius 2 is 2.17 bits per heavy atom. The van der Waals surface area contributed by atoms with Gasteiger partial charge in [-0.3, -0.25) is 10.1 Å². The van der Waals surface area contributed by atoms with Gasteiger partial charge in [-0.25, -0.2) is 0 Å². The van der Waals surface area contributed by atoms with E-state index >= 15 is 0 Å². The smallest absolute Gasteiger partial charge is 0.242 e. The van der Waals surface area contributed by atoms with E-state index in [1.807, 2.05) is 31.2 Å². The van der Waals surface area contributed by atoms with Gasteiger partial charge in [0.05, 0.1) is 0 Å². The lowest BCUT2D eigenvalue weighted by Gasteiger charge is -2.32. The maximum absolute atomic E-state index is 11.9. The molecule has 3 nitrogen and oxygen atoms in total. The van der Waals surface area contributed by atoms with Crippen LogP contribution in [0, 0.1) is 5.92 Å². The van der Waals surface area contributed by atoms with Gasteiger partial charge in [-0.1, -0.05) is 48.8 Å². The summed E-state index contributed by atoms with van der Waals surface area (Å²) >= 11 is 3.43. The highest BCUT2D eigenvalue weighted by molar-refractivity contribution is 9.10. The van der Waals surface area contributed by atoms with E-state index in [0.717, 1.165) is 16.6 Å². The van der Waals surface area contributed by atoms with E-state index in [0.29, 0.717) is 12.3 Å². The zero-order valence-electron chi connectivity index (χ0n) is 11.2. The summed E-state index contributed by atoms with van der Waals surface area (Å²) in [6.07, 6.45) is 0.630. The molecule has 0 aromatic heterocycles. The standard InChI is InChI=1S/C14H21BrN2O/c1-4-14(13(16)18,17-9-10(2)3)11-6-5-7-12(15)8-11/h5-8,10,17H,4,9H2,1-3H3,(H2,16,18). The van der Waals surface area contributed by atoms with Gasteiger partial charge < -0.3 is 5.73 Å². The largest absolute Gasteiger partial charge is 0.368 e. The van der Waals surface area contributed by atoms with Crippen LogP contribution in [-0.2, 0) is 10.3 Å². The second-order valence-corrected chi connectivity index (χ2v) is 5.82. The Morgan fingerprint density at radius 1 is 1.50 bits per heavy atom. The highest BCUT2D eigenvalue weighted by Crippen LogP contribution is 2.27. The normalized spacial score (nSPS) is 14.5. The van der Waals surface area contributed by atoms with Gasteiger partial charge in [0.1, 0.15) is 5.54 Å².